The van der Waals surface area contributed by atoms with Crippen molar-refractivity contribution in [3.05, 3.63) is 0 Å². The predicted octanol–water partition coefficient (Wildman–Crippen LogP) is 2.09. The van der Waals surface area contributed by atoms with Crippen molar-refractivity contribution in [2.75, 3.05) is 26.7 Å². The molecular weight excluding hydrogens is 284 g/mol. The molecular formula is C16H28N2O4. The van der Waals surface area contributed by atoms with Crippen LogP contribution in [0, 0.1) is 11.8 Å². The molecule has 6 nitrogen and oxygen atoms in total. The van der Waals surface area contributed by atoms with Crippen LogP contribution in [-0.4, -0.2) is 54.4 Å². The summed E-state index contributed by atoms with van der Waals surface area (Å²) in [4.78, 5) is 25.0. The number of aliphatic carboxylic acids is 1. The number of carboxylic acids is 1. The molecule has 1 unspecified atom stereocenters. The minimum absolute atomic E-state index is 0.166. The first-order valence-electron chi connectivity index (χ1n) is 8.26. The smallest absolute Gasteiger partial charge is 0.317 e. The van der Waals surface area contributed by atoms with E-state index < -0.39 is 11.9 Å². The minimum Gasteiger partial charge on any atom is -0.481 e. The molecule has 0 aromatic rings. The van der Waals surface area contributed by atoms with E-state index in [1.807, 2.05) is 0 Å². The SMILES string of the molecule is COC1(CNC(=O)N2CCCC(C(=O)O)C2)CCC(C)CC1. The second-order valence-electron chi connectivity index (χ2n) is 6.85. The van der Waals surface area contributed by atoms with Crippen molar-refractivity contribution in [1.82, 2.24) is 10.2 Å². The van der Waals surface area contributed by atoms with Crippen LogP contribution < -0.4 is 5.32 Å². The summed E-state index contributed by atoms with van der Waals surface area (Å²) in [7, 11) is 1.71. The van der Waals surface area contributed by atoms with Crippen LogP contribution in [0.3, 0.4) is 0 Å². The molecule has 1 aliphatic heterocycles. The highest BCUT2D eigenvalue weighted by Crippen LogP contribution is 2.33. The van der Waals surface area contributed by atoms with E-state index in [1.165, 1.54) is 0 Å². The average Bonchev–Trinajstić information content (AvgIpc) is 2.54. The largest absolute Gasteiger partial charge is 0.481 e. The monoisotopic (exact) mass is 312 g/mol. The van der Waals surface area contributed by atoms with Crippen molar-refractivity contribution < 1.29 is 19.4 Å². The Kier molecular flexibility index (Phi) is 5.67. The molecule has 1 saturated heterocycles. The molecule has 0 radical (unpaired) electrons. The van der Waals surface area contributed by atoms with Gasteiger partial charge in [-0.2, -0.15) is 0 Å². The van der Waals surface area contributed by atoms with Crippen molar-refractivity contribution in [2.45, 2.75) is 51.0 Å². The van der Waals surface area contributed by atoms with E-state index in [0.717, 1.165) is 38.0 Å². The maximum atomic E-state index is 12.3. The molecule has 1 heterocycles. The lowest BCUT2D eigenvalue weighted by Crippen LogP contribution is -2.52. The molecule has 1 saturated carbocycles. The molecule has 22 heavy (non-hydrogen) atoms. The Morgan fingerprint density at radius 3 is 2.59 bits per heavy atom. The molecule has 2 N–H and O–H groups in total. The molecule has 0 spiro atoms. The predicted molar refractivity (Wildman–Crippen MR) is 82.7 cm³/mol. The molecule has 6 heteroatoms. The van der Waals surface area contributed by atoms with Gasteiger partial charge in [0.25, 0.3) is 0 Å². The third-order valence-corrected chi connectivity index (χ3v) is 5.24. The van der Waals surface area contributed by atoms with E-state index >= 15 is 0 Å². The lowest BCUT2D eigenvalue weighted by Gasteiger charge is -2.39. The number of likely N-dealkylation sites (tertiary alicyclic amines) is 1. The Balaban J connectivity index is 1.85. The molecule has 1 aliphatic carbocycles. The van der Waals surface area contributed by atoms with Gasteiger partial charge in [-0.3, -0.25) is 4.79 Å². The van der Waals surface area contributed by atoms with Gasteiger partial charge in [0.1, 0.15) is 0 Å². The number of piperidine rings is 1. The Morgan fingerprint density at radius 2 is 2.00 bits per heavy atom. The first kappa shape index (κ1) is 17.1. The number of hydrogen-bond acceptors (Lipinski definition) is 3. The maximum Gasteiger partial charge on any atom is 0.317 e. The van der Waals surface area contributed by atoms with Crippen LogP contribution in [0.5, 0.6) is 0 Å². The number of ether oxygens (including phenoxy) is 1. The van der Waals surface area contributed by atoms with Gasteiger partial charge in [-0.15, -0.1) is 0 Å². The van der Waals surface area contributed by atoms with Gasteiger partial charge in [0.15, 0.2) is 0 Å². The normalized spacial score (nSPS) is 32.5. The second kappa shape index (κ2) is 7.31. The number of urea groups is 1. The van der Waals surface area contributed by atoms with Gasteiger partial charge in [-0.05, 0) is 44.4 Å². The Labute approximate surface area is 132 Å². The quantitative estimate of drug-likeness (QED) is 0.833. The van der Waals surface area contributed by atoms with Crippen molar-refractivity contribution in [2.24, 2.45) is 11.8 Å². The average molecular weight is 312 g/mol. The number of nitrogens with zero attached hydrogens (tertiary/aromatic N) is 1. The van der Waals surface area contributed by atoms with Gasteiger partial charge in [0.2, 0.25) is 0 Å². The number of nitrogens with one attached hydrogen (secondary N) is 1. The molecule has 0 aromatic heterocycles. The summed E-state index contributed by atoms with van der Waals surface area (Å²) >= 11 is 0. The fourth-order valence-electron chi connectivity index (χ4n) is 3.45. The van der Waals surface area contributed by atoms with E-state index in [2.05, 4.69) is 12.2 Å². The Bertz CT molecular complexity index is 405. The van der Waals surface area contributed by atoms with Crippen molar-refractivity contribution in [3.63, 3.8) is 0 Å². The molecule has 2 amide bonds. The number of hydrogen-bond donors (Lipinski definition) is 2. The first-order chi connectivity index (χ1) is 10.5. The number of amides is 2. The zero-order valence-electron chi connectivity index (χ0n) is 13.6. The van der Waals surface area contributed by atoms with E-state index in [9.17, 15) is 9.59 Å². The third-order valence-electron chi connectivity index (χ3n) is 5.24. The fraction of sp³-hybridized carbons (Fsp3) is 0.875. The molecule has 0 aromatic carbocycles. The van der Waals surface area contributed by atoms with Crippen molar-refractivity contribution in [3.8, 4) is 0 Å². The third kappa shape index (κ3) is 4.12. The highest BCUT2D eigenvalue weighted by molar-refractivity contribution is 5.76. The van der Waals surface area contributed by atoms with Gasteiger partial charge in [-0.1, -0.05) is 6.92 Å². The number of carboxylic acid groups (broad SMARTS) is 1. The van der Waals surface area contributed by atoms with Gasteiger partial charge < -0.3 is 20.1 Å². The standard InChI is InChI=1S/C16H28N2O4/c1-12-5-7-16(22-2,8-6-12)11-17-15(21)18-9-3-4-13(10-18)14(19)20/h12-13H,3-11H2,1-2H3,(H,17,21)(H,19,20). The van der Waals surface area contributed by atoms with Gasteiger partial charge >= 0.3 is 12.0 Å². The number of carbonyl (C=O) groups is 2. The summed E-state index contributed by atoms with van der Waals surface area (Å²) in [6, 6.07) is -0.166. The Morgan fingerprint density at radius 1 is 1.32 bits per heavy atom. The molecule has 126 valence electrons. The van der Waals surface area contributed by atoms with Gasteiger partial charge in [0.05, 0.1) is 11.5 Å². The van der Waals surface area contributed by atoms with Crippen LogP contribution in [0.25, 0.3) is 0 Å². The summed E-state index contributed by atoms with van der Waals surface area (Å²) in [5.41, 5.74) is -0.260. The summed E-state index contributed by atoms with van der Waals surface area (Å²) in [6.07, 6.45) is 5.56. The molecule has 2 rings (SSSR count). The van der Waals surface area contributed by atoms with Crippen LogP contribution in [0.2, 0.25) is 0 Å². The van der Waals surface area contributed by atoms with Crippen LogP contribution in [0.15, 0.2) is 0 Å². The van der Waals surface area contributed by atoms with Gasteiger partial charge in [-0.25, -0.2) is 4.79 Å². The highest BCUT2D eigenvalue weighted by Gasteiger charge is 2.35. The molecule has 2 fully saturated rings. The first-order valence-corrected chi connectivity index (χ1v) is 8.26. The fourth-order valence-corrected chi connectivity index (χ4v) is 3.45. The number of methoxy groups -OCH3 is 1. The van der Waals surface area contributed by atoms with E-state index in [4.69, 9.17) is 9.84 Å². The summed E-state index contributed by atoms with van der Waals surface area (Å²) in [5.74, 6) is -0.532. The molecule has 0 bridgehead atoms. The zero-order valence-corrected chi connectivity index (χ0v) is 13.6. The maximum absolute atomic E-state index is 12.3. The Hall–Kier alpha value is -1.30. The lowest BCUT2D eigenvalue weighted by atomic mass is 9.79. The number of carbonyl (C=O) groups excluding carboxylic acids is 1. The summed E-state index contributed by atoms with van der Waals surface area (Å²) in [6.45, 7) is 3.69. The van der Waals surface area contributed by atoms with Gasteiger partial charge in [0, 0.05) is 26.7 Å². The highest BCUT2D eigenvalue weighted by atomic mass is 16.5. The van der Waals surface area contributed by atoms with E-state index in [0.29, 0.717) is 26.1 Å². The molecule has 1 atom stereocenters. The lowest BCUT2D eigenvalue weighted by molar-refractivity contribution is -0.143. The molecule has 2 aliphatic rings. The van der Waals surface area contributed by atoms with Crippen molar-refractivity contribution >= 4 is 12.0 Å². The summed E-state index contributed by atoms with van der Waals surface area (Å²) < 4.78 is 5.70. The van der Waals surface area contributed by atoms with Crippen LogP contribution >= 0.6 is 0 Å². The van der Waals surface area contributed by atoms with Crippen LogP contribution in [0.4, 0.5) is 4.79 Å². The topological polar surface area (TPSA) is 78.9 Å². The van der Waals surface area contributed by atoms with E-state index in [1.54, 1.807) is 12.0 Å². The van der Waals surface area contributed by atoms with Crippen LogP contribution in [-0.2, 0) is 9.53 Å². The van der Waals surface area contributed by atoms with E-state index in [-0.39, 0.29) is 11.6 Å². The second-order valence-corrected chi connectivity index (χ2v) is 6.85. The number of rotatable bonds is 4. The van der Waals surface area contributed by atoms with Crippen LogP contribution in [0.1, 0.15) is 45.4 Å². The minimum atomic E-state index is -0.813. The summed E-state index contributed by atoms with van der Waals surface area (Å²) in [5, 5.41) is 12.1. The zero-order chi connectivity index (χ0) is 16.2. The van der Waals surface area contributed by atoms with Crippen molar-refractivity contribution in [1.29, 1.82) is 0 Å².